The number of rotatable bonds is 5. The van der Waals surface area contributed by atoms with Gasteiger partial charge in [0.1, 0.15) is 17.8 Å². The van der Waals surface area contributed by atoms with Crippen LogP contribution in [0, 0.1) is 0 Å². The SMILES string of the molecule is O=C(O)c1ccc[n+]([C@@H]2O[C@H](COP(=O)(O)O)[C@@H](O)[C@@H]2O)c1. The second-order valence-electron chi connectivity index (χ2n) is 4.68. The van der Waals surface area contributed by atoms with E-state index in [1.807, 2.05) is 0 Å². The molecule has 11 heteroatoms. The van der Waals surface area contributed by atoms with Gasteiger partial charge in [-0.25, -0.2) is 9.36 Å². The highest BCUT2D eigenvalue weighted by molar-refractivity contribution is 7.46. The van der Waals surface area contributed by atoms with Crippen LogP contribution in [0.15, 0.2) is 24.5 Å². The summed E-state index contributed by atoms with van der Waals surface area (Å²) >= 11 is 0. The number of phosphoric ester groups is 1. The zero-order valence-corrected chi connectivity index (χ0v) is 12.0. The Kier molecular flexibility index (Phi) is 4.93. The zero-order chi connectivity index (χ0) is 16.5. The number of phosphoric acid groups is 1. The fourth-order valence-corrected chi connectivity index (χ4v) is 2.40. The lowest BCUT2D eigenvalue weighted by atomic mass is 10.1. The third-order valence-corrected chi connectivity index (χ3v) is 3.59. The fourth-order valence-electron chi connectivity index (χ4n) is 2.06. The molecule has 1 fully saturated rings. The van der Waals surface area contributed by atoms with E-state index < -0.39 is 44.9 Å². The number of aliphatic hydroxyl groups is 2. The summed E-state index contributed by atoms with van der Waals surface area (Å²) in [7, 11) is -4.73. The molecule has 5 N–H and O–H groups in total. The Morgan fingerprint density at radius 3 is 2.64 bits per heavy atom. The summed E-state index contributed by atoms with van der Waals surface area (Å²) in [5, 5.41) is 28.7. The summed E-state index contributed by atoms with van der Waals surface area (Å²) in [6, 6.07) is 2.76. The van der Waals surface area contributed by atoms with Gasteiger partial charge in [0.25, 0.3) is 6.23 Å². The Labute approximate surface area is 124 Å². The highest BCUT2D eigenvalue weighted by Gasteiger charge is 2.48. The van der Waals surface area contributed by atoms with Crippen molar-refractivity contribution >= 4 is 13.8 Å². The maximum Gasteiger partial charge on any atom is 0.469 e. The lowest BCUT2D eigenvalue weighted by molar-refractivity contribution is -0.765. The van der Waals surface area contributed by atoms with Gasteiger partial charge in [-0.3, -0.25) is 4.52 Å². The van der Waals surface area contributed by atoms with Gasteiger partial charge in [-0.15, -0.1) is 0 Å². The molecule has 1 aromatic rings. The molecule has 1 saturated heterocycles. The molecule has 0 saturated carbocycles. The Morgan fingerprint density at radius 1 is 1.36 bits per heavy atom. The minimum Gasteiger partial charge on any atom is -0.477 e. The molecule has 0 bridgehead atoms. The monoisotopic (exact) mass is 336 g/mol. The van der Waals surface area contributed by atoms with Crippen molar-refractivity contribution in [3.63, 3.8) is 0 Å². The molecule has 22 heavy (non-hydrogen) atoms. The van der Waals surface area contributed by atoms with E-state index in [-0.39, 0.29) is 5.56 Å². The van der Waals surface area contributed by atoms with Crippen molar-refractivity contribution in [3.05, 3.63) is 30.1 Å². The van der Waals surface area contributed by atoms with Gasteiger partial charge >= 0.3 is 13.8 Å². The van der Waals surface area contributed by atoms with Crippen molar-refractivity contribution in [3.8, 4) is 0 Å². The zero-order valence-electron chi connectivity index (χ0n) is 11.1. The van der Waals surface area contributed by atoms with E-state index in [9.17, 15) is 19.6 Å². The molecule has 1 aliphatic heterocycles. The number of carboxylic acid groups (broad SMARTS) is 1. The maximum atomic E-state index is 10.9. The second kappa shape index (κ2) is 6.39. The average Bonchev–Trinajstić information content (AvgIpc) is 2.72. The standard InChI is InChI=1S/C11H14NO9P/c13-8-7(5-20-22(17,18)19)21-10(9(8)14)12-3-1-2-6(4-12)11(15)16/h1-4,7-10,13-14H,5H2,(H2-,15,16,17,18,19)/p+1/t7-,8-,9+,10-/m1/s1. The van der Waals surface area contributed by atoms with Crippen molar-refractivity contribution in [1.82, 2.24) is 0 Å². The first-order valence-corrected chi connectivity index (χ1v) is 7.68. The molecule has 1 aliphatic rings. The van der Waals surface area contributed by atoms with Crippen LogP contribution in [0.3, 0.4) is 0 Å². The molecule has 2 rings (SSSR count). The summed E-state index contributed by atoms with van der Waals surface area (Å²) in [4.78, 5) is 28.2. The molecule has 0 amide bonds. The Balaban J connectivity index is 2.14. The molecule has 0 radical (unpaired) electrons. The van der Waals surface area contributed by atoms with Crippen LogP contribution in [-0.2, 0) is 13.8 Å². The largest absolute Gasteiger partial charge is 0.477 e. The smallest absolute Gasteiger partial charge is 0.469 e. The minimum atomic E-state index is -4.73. The predicted molar refractivity (Wildman–Crippen MR) is 67.5 cm³/mol. The van der Waals surface area contributed by atoms with E-state index in [4.69, 9.17) is 19.6 Å². The third kappa shape index (κ3) is 3.87. The normalized spacial score (nSPS) is 28.7. The van der Waals surface area contributed by atoms with Crippen molar-refractivity contribution in [2.45, 2.75) is 24.5 Å². The number of aromatic carboxylic acids is 1. The number of ether oxygens (including phenoxy) is 1. The van der Waals surface area contributed by atoms with E-state index in [1.54, 1.807) is 0 Å². The van der Waals surface area contributed by atoms with Crippen LogP contribution in [0.25, 0.3) is 0 Å². The van der Waals surface area contributed by atoms with Crippen LogP contribution in [0.4, 0.5) is 0 Å². The number of hydrogen-bond acceptors (Lipinski definition) is 6. The minimum absolute atomic E-state index is 0.0530. The summed E-state index contributed by atoms with van der Waals surface area (Å²) in [6.07, 6.45) is -2.51. The topological polar surface area (TPSA) is 158 Å². The number of pyridine rings is 1. The van der Waals surface area contributed by atoms with Gasteiger partial charge < -0.3 is 29.8 Å². The summed E-state index contributed by atoms with van der Waals surface area (Å²) in [5.41, 5.74) is -0.0530. The van der Waals surface area contributed by atoms with Crippen LogP contribution in [-0.4, -0.2) is 56.0 Å². The van der Waals surface area contributed by atoms with Gasteiger partial charge in [-0.1, -0.05) is 0 Å². The van der Waals surface area contributed by atoms with Gasteiger partial charge in [0.15, 0.2) is 18.5 Å². The highest BCUT2D eigenvalue weighted by Crippen LogP contribution is 2.37. The molecule has 0 aromatic carbocycles. The van der Waals surface area contributed by atoms with Crippen molar-refractivity contribution in [1.29, 1.82) is 0 Å². The van der Waals surface area contributed by atoms with Gasteiger partial charge in [0.05, 0.1) is 6.61 Å². The van der Waals surface area contributed by atoms with E-state index in [2.05, 4.69) is 4.52 Å². The summed E-state index contributed by atoms with van der Waals surface area (Å²) in [6.45, 7) is -0.627. The number of nitrogens with zero attached hydrogens (tertiary/aromatic N) is 1. The molecule has 1 aromatic heterocycles. The number of carbonyl (C=O) groups is 1. The molecule has 122 valence electrons. The Hall–Kier alpha value is -1.39. The quantitative estimate of drug-likeness (QED) is 0.315. The first kappa shape index (κ1) is 17.0. The number of aliphatic hydroxyl groups excluding tert-OH is 2. The number of carboxylic acids is 1. The first-order chi connectivity index (χ1) is 10.2. The number of aromatic nitrogens is 1. The van der Waals surface area contributed by atoms with Crippen LogP contribution in [0.2, 0.25) is 0 Å². The fraction of sp³-hybridized carbons (Fsp3) is 0.455. The maximum absolute atomic E-state index is 10.9. The van der Waals surface area contributed by atoms with E-state index in [0.29, 0.717) is 0 Å². The highest BCUT2D eigenvalue weighted by atomic mass is 31.2. The summed E-state index contributed by atoms with van der Waals surface area (Å²) in [5.74, 6) is -1.18. The van der Waals surface area contributed by atoms with Crippen LogP contribution in [0.5, 0.6) is 0 Å². The first-order valence-electron chi connectivity index (χ1n) is 6.15. The van der Waals surface area contributed by atoms with Crippen molar-refractivity contribution in [2.75, 3.05) is 6.61 Å². The van der Waals surface area contributed by atoms with Crippen molar-refractivity contribution < 1.29 is 48.3 Å². The van der Waals surface area contributed by atoms with Crippen LogP contribution < -0.4 is 4.57 Å². The molecule has 10 nitrogen and oxygen atoms in total. The second-order valence-corrected chi connectivity index (χ2v) is 5.92. The Bertz CT molecular complexity index is 603. The van der Waals surface area contributed by atoms with Gasteiger partial charge in [0.2, 0.25) is 0 Å². The molecular formula is C11H15NO9P+. The van der Waals surface area contributed by atoms with Crippen LogP contribution >= 0.6 is 7.82 Å². The Morgan fingerprint density at radius 2 is 2.05 bits per heavy atom. The molecule has 0 aliphatic carbocycles. The van der Waals surface area contributed by atoms with Crippen molar-refractivity contribution in [2.24, 2.45) is 0 Å². The van der Waals surface area contributed by atoms with Gasteiger partial charge in [0, 0.05) is 6.07 Å². The third-order valence-electron chi connectivity index (χ3n) is 3.11. The molecule has 4 atom stereocenters. The lowest BCUT2D eigenvalue weighted by Gasteiger charge is -2.13. The molecule has 2 heterocycles. The predicted octanol–water partition coefficient (Wildman–Crippen LogP) is -1.60. The van der Waals surface area contributed by atoms with Gasteiger partial charge in [-0.05, 0) is 6.07 Å². The van der Waals surface area contributed by atoms with Gasteiger partial charge in [-0.2, -0.15) is 4.57 Å². The van der Waals surface area contributed by atoms with Crippen LogP contribution in [0.1, 0.15) is 16.6 Å². The molecule has 0 spiro atoms. The summed E-state index contributed by atoms with van der Waals surface area (Å²) < 4.78 is 21.4. The number of hydrogen-bond donors (Lipinski definition) is 5. The molecular weight excluding hydrogens is 321 g/mol. The lowest BCUT2D eigenvalue weighted by Crippen LogP contribution is -2.46. The van der Waals surface area contributed by atoms with E-state index >= 15 is 0 Å². The van der Waals surface area contributed by atoms with E-state index in [1.165, 1.54) is 29.1 Å². The molecule has 0 unspecified atom stereocenters. The average molecular weight is 336 g/mol. The van der Waals surface area contributed by atoms with E-state index in [0.717, 1.165) is 0 Å².